The number of ether oxygens (including phenoxy) is 2. The van der Waals surface area contributed by atoms with Gasteiger partial charge < -0.3 is 20.1 Å². The van der Waals surface area contributed by atoms with Crippen molar-refractivity contribution >= 4 is 22.7 Å². The van der Waals surface area contributed by atoms with Crippen molar-refractivity contribution in [1.82, 2.24) is 15.0 Å². The van der Waals surface area contributed by atoms with Crippen LogP contribution >= 0.6 is 0 Å². The van der Waals surface area contributed by atoms with Gasteiger partial charge in [0.05, 0.1) is 19.7 Å². The van der Waals surface area contributed by atoms with Crippen molar-refractivity contribution in [1.29, 1.82) is 0 Å². The minimum Gasteiger partial charge on any atom is -0.493 e. The zero-order valence-electron chi connectivity index (χ0n) is 15.6. The Bertz CT molecular complexity index is 940. The van der Waals surface area contributed by atoms with E-state index in [1.165, 1.54) is 0 Å². The Morgan fingerprint density at radius 1 is 1.04 bits per heavy atom. The van der Waals surface area contributed by atoms with Crippen LogP contribution in [0.5, 0.6) is 11.5 Å². The summed E-state index contributed by atoms with van der Waals surface area (Å²) < 4.78 is 10.7. The zero-order chi connectivity index (χ0) is 18.8. The first-order valence-electron chi connectivity index (χ1n) is 9.04. The summed E-state index contributed by atoms with van der Waals surface area (Å²) in [6.45, 7) is 1.75. The lowest BCUT2D eigenvalue weighted by Crippen LogP contribution is -2.34. The van der Waals surface area contributed by atoms with Crippen molar-refractivity contribution in [2.45, 2.75) is 18.8 Å². The van der Waals surface area contributed by atoms with Crippen LogP contribution in [0.25, 0.3) is 10.9 Å². The Balaban J connectivity index is 1.59. The minimum absolute atomic E-state index is 0.447. The molecule has 3 heterocycles. The first kappa shape index (κ1) is 17.3. The van der Waals surface area contributed by atoms with Crippen LogP contribution in [0.3, 0.4) is 0 Å². The number of hydrogen-bond acceptors (Lipinski definition) is 7. The van der Waals surface area contributed by atoms with E-state index in [4.69, 9.17) is 20.2 Å². The van der Waals surface area contributed by atoms with Crippen LogP contribution in [-0.4, -0.2) is 42.3 Å². The number of rotatable bonds is 4. The van der Waals surface area contributed by atoms with Gasteiger partial charge in [0.2, 0.25) is 5.95 Å². The highest BCUT2D eigenvalue weighted by Crippen LogP contribution is 2.35. The molecule has 0 aliphatic carbocycles. The SMILES string of the molecule is COc1cc2nc(N3CCC(c4ccccn4)CC3)nc(N)c2cc1OC. The Morgan fingerprint density at radius 2 is 1.78 bits per heavy atom. The van der Waals surface area contributed by atoms with Crippen molar-refractivity contribution in [3.63, 3.8) is 0 Å². The molecule has 4 rings (SSSR count). The number of nitrogens with two attached hydrogens (primary N) is 1. The Hall–Kier alpha value is -3.09. The fourth-order valence-electron chi connectivity index (χ4n) is 3.60. The number of methoxy groups -OCH3 is 2. The van der Waals surface area contributed by atoms with E-state index >= 15 is 0 Å². The van der Waals surface area contributed by atoms with E-state index in [-0.39, 0.29) is 0 Å². The molecule has 1 aliphatic rings. The summed E-state index contributed by atoms with van der Waals surface area (Å²) in [5, 5.41) is 0.764. The predicted molar refractivity (Wildman–Crippen MR) is 105 cm³/mol. The van der Waals surface area contributed by atoms with Gasteiger partial charge in [0.1, 0.15) is 5.82 Å². The predicted octanol–water partition coefficient (Wildman–Crippen LogP) is 3.01. The van der Waals surface area contributed by atoms with Crippen molar-refractivity contribution in [3.8, 4) is 11.5 Å². The molecule has 1 aliphatic heterocycles. The second-order valence-corrected chi connectivity index (χ2v) is 6.65. The normalized spacial score (nSPS) is 15.1. The van der Waals surface area contributed by atoms with Gasteiger partial charge in [-0.2, -0.15) is 4.98 Å². The molecule has 2 aromatic heterocycles. The third kappa shape index (κ3) is 3.32. The molecule has 3 aromatic rings. The van der Waals surface area contributed by atoms with E-state index < -0.39 is 0 Å². The summed E-state index contributed by atoms with van der Waals surface area (Å²) >= 11 is 0. The average molecular weight is 365 g/mol. The zero-order valence-corrected chi connectivity index (χ0v) is 15.6. The van der Waals surface area contributed by atoms with E-state index in [1.807, 2.05) is 30.5 Å². The number of nitrogen functional groups attached to an aromatic ring is 1. The van der Waals surface area contributed by atoms with E-state index in [2.05, 4.69) is 20.9 Å². The molecule has 0 unspecified atom stereocenters. The van der Waals surface area contributed by atoms with Gasteiger partial charge in [-0.05, 0) is 31.0 Å². The Kier molecular flexibility index (Phi) is 4.66. The number of hydrogen-bond donors (Lipinski definition) is 1. The van der Waals surface area contributed by atoms with E-state index in [1.54, 1.807) is 14.2 Å². The Morgan fingerprint density at radius 3 is 2.44 bits per heavy atom. The molecule has 7 heteroatoms. The van der Waals surface area contributed by atoms with Crippen LogP contribution in [0.15, 0.2) is 36.5 Å². The van der Waals surface area contributed by atoms with Crippen molar-refractivity contribution in [2.24, 2.45) is 0 Å². The molecule has 0 radical (unpaired) electrons. The van der Waals surface area contributed by atoms with E-state index in [0.29, 0.717) is 29.2 Å². The molecule has 7 nitrogen and oxygen atoms in total. The van der Waals surface area contributed by atoms with Gasteiger partial charge in [0, 0.05) is 42.4 Å². The van der Waals surface area contributed by atoms with E-state index in [0.717, 1.165) is 42.5 Å². The molecule has 0 amide bonds. The molecule has 1 saturated heterocycles. The molecule has 140 valence electrons. The van der Waals surface area contributed by atoms with Crippen LogP contribution < -0.4 is 20.1 Å². The van der Waals surface area contributed by atoms with Gasteiger partial charge in [-0.15, -0.1) is 0 Å². The summed E-state index contributed by atoms with van der Waals surface area (Å²) in [7, 11) is 3.21. The fraction of sp³-hybridized carbons (Fsp3) is 0.350. The highest BCUT2D eigenvalue weighted by Gasteiger charge is 2.24. The molecular weight excluding hydrogens is 342 g/mol. The second-order valence-electron chi connectivity index (χ2n) is 6.65. The first-order valence-corrected chi connectivity index (χ1v) is 9.04. The number of anilines is 2. The lowest BCUT2D eigenvalue weighted by molar-refractivity contribution is 0.356. The summed E-state index contributed by atoms with van der Waals surface area (Å²) in [4.78, 5) is 15.9. The quantitative estimate of drug-likeness (QED) is 0.760. The maximum Gasteiger partial charge on any atom is 0.227 e. The highest BCUT2D eigenvalue weighted by molar-refractivity contribution is 5.91. The third-order valence-corrected chi connectivity index (χ3v) is 5.10. The number of benzene rings is 1. The highest BCUT2D eigenvalue weighted by atomic mass is 16.5. The number of fused-ring (bicyclic) bond motifs is 1. The largest absolute Gasteiger partial charge is 0.493 e. The fourth-order valence-corrected chi connectivity index (χ4v) is 3.60. The summed E-state index contributed by atoms with van der Waals surface area (Å²) in [5.74, 6) is 2.83. The third-order valence-electron chi connectivity index (χ3n) is 5.10. The molecule has 1 fully saturated rings. The summed E-state index contributed by atoms with van der Waals surface area (Å²) in [6, 6.07) is 9.76. The standard InChI is InChI=1S/C20H23N5O2/c1-26-17-11-14-16(12-18(17)27-2)23-20(24-19(14)21)25-9-6-13(7-10-25)15-5-3-4-8-22-15/h3-5,8,11-13H,6-7,9-10H2,1-2H3,(H2,21,23,24). The van der Waals surface area contributed by atoms with Crippen LogP contribution in [0, 0.1) is 0 Å². The average Bonchev–Trinajstić information content (AvgIpc) is 2.73. The van der Waals surface area contributed by atoms with Gasteiger partial charge in [-0.25, -0.2) is 4.98 Å². The molecule has 0 spiro atoms. The van der Waals surface area contributed by atoms with Crippen molar-refractivity contribution in [3.05, 3.63) is 42.2 Å². The van der Waals surface area contributed by atoms with Gasteiger partial charge in [0.25, 0.3) is 0 Å². The minimum atomic E-state index is 0.447. The number of pyridine rings is 1. The summed E-state index contributed by atoms with van der Waals surface area (Å²) in [5.41, 5.74) is 8.12. The molecule has 0 bridgehead atoms. The smallest absolute Gasteiger partial charge is 0.227 e. The molecule has 0 saturated carbocycles. The topological polar surface area (TPSA) is 86.4 Å². The molecular formula is C20H23N5O2. The maximum absolute atomic E-state index is 6.21. The van der Waals surface area contributed by atoms with Crippen LogP contribution in [0.4, 0.5) is 11.8 Å². The lowest BCUT2D eigenvalue weighted by atomic mass is 9.93. The van der Waals surface area contributed by atoms with Crippen LogP contribution in [-0.2, 0) is 0 Å². The maximum atomic E-state index is 6.21. The van der Waals surface area contributed by atoms with Gasteiger partial charge in [-0.3, -0.25) is 4.98 Å². The molecule has 1 aromatic carbocycles. The molecule has 2 N–H and O–H groups in total. The monoisotopic (exact) mass is 365 g/mol. The lowest BCUT2D eigenvalue weighted by Gasteiger charge is -2.32. The number of piperidine rings is 1. The van der Waals surface area contributed by atoms with Gasteiger partial charge >= 0.3 is 0 Å². The van der Waals surface area contributed by atoms with Gasteiger partial charge in [-0.1, -0.05) is 6.07 Å². The second kappa shape index (κ2) is 7.26. The number of nitrogens with zero attached hydrogens (tertiary/aromatic N) is 4. The molecule has 0 atom stereocenters. The molecule has 27 heavy (non-hydrogen) atoms. The van der Waals surface area contributed by atoms with E-state index in [9.17, 15) is 0 Å². The summed E-state index contributed by atoms with van der Waals surface area (Å²) in [6.07, 6.45) is 3.89. The van der Waals surface area contributed by atoms with Crippen LogP contribution in [0.1, 0.15) is 24.5 Å². The first-order chi connectivity index (χ1) is 13.2. The van der Waals surface area contributed by atoms with Crippen LogP contribution in [0.2, 0.25) is 0 Å². The number of aromatic nitrogens is 3. The van der Waals surface area contributed by atoms with Crippen molar-refractivity contribution < 1.29 is 9.47 Å². The van der Waals surface area contributed by atoms with Gasteiger partial charge in [0.15, 0.2) is 11.5 Å². The van der Waals surface area contributed by atoms with Crippen molar-refractivity contribution in [2.75, 3.05) is 37.9 Å². The Labute approximate surface area is 158 Å².